The summed E-state index contributed by atoms with van der Waals surface area (Å²) in [6.07, 6.45) is 2.14. The lowest BCUT2D eigenvalue weighted by Crippen LogP contribution is -2.32. The molecule has 0 aliphatic heterocycles. The van der Waals surface area contributed by atoms with Crippen molar-refractivity contribution in [1.82, 2.24) is 5.32 Å². The molecule has 1 heterocycles. The van der Waals surface area contributed by atoms with Crippen molar-refractivity contribution in [1.29, 1.82) is 0 Å². The molecule has 0 saturated carbocycles. The van der Waals surface area contributed by atoms with E-state index in [2.05, 4.69) is 31.3 Å². The molecule has 1 aromatic carbocycles. The average molecular weight is 304 g/mol. The quantitative estimate of drug-likeness (QED) is 0.859. The maximum Gasteiger partial charge on any atom is 0.109 e. The zero-order chi connectivity index (χ0) is 15.0. The number of furan rings is 1. The molecule has 0 radical (unpaired) electrons. The van der Waals surface area contributed by atoms with Crippen LogP contribution in [0, 0.1) is 12.3 Å². The van der Waals surface area contributed by atoms with Crippen molar-refractivity contribution in [2.24, 2.45) is 5.41 Å². The molecule has 1 aromatic heterocycles. The molecule has 0 fully saturated rings. The maximum atomic E-state index is 6.05. The van der Waals surface area contributed by atoms with E-state index in [0.29, 0.717) is 6.04 Å². The zero-order valence-electron chi connectivity index (χ0n) is 12.9. The van der Waals surface area contributed by atoms with Crippen LogP contribution in [0.3, 0.4) is 0 Å². The molecular formula is C18H22ClNO. The Hall–Kier alpha value is -1.25. The van der Waals surface area contributed by atoms with E-state index in [1.165, 1.54) is 11.1 Å². The van der Waals surface area contributed by atoms with Crippen molar-refractivity contribution in [2.45, 2.75) is 46.2 Å². The first-order chi connectivity index (χ1) is 9.93. The molecule has 1 aliphatic rings. The summed E-state index contributed by atoms with van der Waals surface area (Å²) in [4.78, 5) is 0. The first-order valence-electron chi connectivity index (χ1n) is 7.50. The van der Waals surface area contributed by atoms with E-state index in [9.17, 15) is 0 Å². The second-order valence-corrected chi connectivity index (χ2v) is 7.28. The van der Waals surface area contributed by atoms with Crippen LogP contribution in [0.2, 0.25) is 5.02 Å². The molecule has 112 valence electrons. The summed E-state index contributed by atoms with van der Waals surface area (Å²) in [7, 11) is 0. The van der Waals surface area contributed by atoms with Crippen LogP contribution in [0.4, 0.5) is 0 Å². The second kappa shape index (κ2) is 5.51. The molecule has 0 saturated heterocycles. The monoisotopic (exact) mass is 303 g/mol. The van der Waals surface area contributed by atoms with E-state index in [4.69, 9.17) is 16.0 Å². The highest BCUT2D eigenvalue weighted by atomic mass is 35.5. The van der Waals surface area contributed by atoms with E-state index >= 15 is 0 Å². The molecule has 2 aromatic rings. The van der Waals surface area contributed by atoms with Gasteiger partial charge in [-0.05, 0) is 42.5 Å². The summed E-state index contributed by atoms with van der Waals surface area (Å²) >= 11 is 6.05. The van der Waals surface area contributed by atoms with Crippen molar-refractivity contribution >= 4 is 11.6 Å². The van der Waals surface area contributed by atoms with Gasteiger partial charge in [0.15, 0.2) is 0 Å². The first-order valence-corrected chi connectivity index (χ1v) is 7.88. The van der Waals surface area contributed by atoms with Gasteiger partial charge in [-0.3, -0.25) is 0 Å². The first kappa shape index (κ1) is 14.7. The van der Waals surface area contributed by atoms with Crippen molar-refractivity contribution in [3.63, 3.8) is 0 Å². The third-order valence-corrected chi connectivity index (χ3v) is 4.41. The van der Waals surface area contributed by atoms with E-state index in [1.807, 2.05) is 25.1 Å². The van der Waals surface area contributed by atoms with Crippen molar-refractivity contribution < 1.29 is 4.42 Å². The molecule has 0 amide bonds. The minimum absolute atomic E-state index is 0.267. The highest BCUT2D eigenvalue weighted by Gasteiger charge is 2.34. The van der Waals surface area contributed by atoms with Gasteiger partial charge < -0.3 is 9.73 Å². The SMILES string of the molecule is Cc1cc2c(o1)CC(C)(C)CC2NCc1cccc(Cl)c1. The second-order valence-electron chi connectivity index (χ2n) is 6.84. The number of fused-ring (bicyclic) bond motifs is 1. The van der Waals surface area contributed by atoms with E-state index in [1.54, 1.807) is 0 Å². The Morgan fingerprint density at radius 1 is 1.33 bits per heavy atom. The highest BCUT2D eigenvalue weighted by molar-refractivity contribution is 6.30. The van der Waals surface area contributed by atoms with E-state index < -0.39 is 0 Å². The van der Waals surface area contributed by atoms with Crippen LogP contribution >= 0.6 is 11.6 Å². The van der Waals surface area contributed by atoms with Crippen molar-refractivity contribution in [3.05, 3.63) is 58.0 Å². The minimum atomic E-state index is 0.267. The summed E-state index contributed by atoms with van der Waals surface area (Å²) in [6.45, 7) is 7.47. The lowest BCUT2D eigenvalue weighted by Gasteiger charge is -2.35. The zero-order valence-corrected chi connectivity index (χ0v) is 13.6. The lowest BCUT2D eigenvalue weighted by molar-refractivity contribution is 0.233. The van der Waals surface area contributed by atoms with Gasteiger partial charge in [0.2, 0.25) is 0 Å². The highest BCUT2D eigenvalue weighted by Crippen LogP contribution is 2.42. The molecular weight excluding hydrogens is 282 g/mol. The number of hydrogen-bond acceptors (Lipinski definition) is 2. The third kappa shape index (κ3) is 3.33. The van der Waals surface area contributed by atoms with Crippen LogP contribution in [0.25, 0.3) is 0 Å². The fraction of sp³-hybridized carbons (Fsp3) is 0.444. The Labute approximate surface area is 131 Å². The number of benzene rings is 1. The number of aryl methyl sites for hydroxylation is 1. The van der Waals surface area contributed by atoms with Gasteiger partial charge in [0.1, 0.15) is 11.5 Å². The Bertz CT molecular complexity index is 644. The minimum Gasteiger partial charge on any atom is -0.466 e. The van der Waals surface area contributed by atoms with Crippen LogP contribution in [0.5, 0.6) is 0 Å². The number of hydrogen-bond donors (Lipinski definition) is 1. The molecule has 0 spiro atoms. The lowest BCUT2D eigenvalue weighted by atomic mass is 9.74. The smallest absolute Gasteiger partial charge is 0.109 e. The standard InChI is InChI=1S/C18H22ClNO/c1-12-7-15-16(9-18(2,3)10-17(15)21-12)20-11-13-5-4-6-14(19)8-13/h4-8,16,20H,9-11H2,1-3H3. The number of rotatable bonds is 3. The Morgan fingerprint density at radius 2 is 2.14 bits per heavy atom. The van der Waals surface area contributed by atoms with Gasteiger partial charge in [0.05, 0.1) is 0 Å². The predicted molar refractivity (Wildman–Crippen MR) is 86.6 cm³/mol. The van der Waals surface area contributed by atoms with Gasteiger partial charge in [0, 0.05) is 29.6 Å². The van der Waals surface area contributed by atoms with Crippen LogP contribution in [-0.2, 0) is 13.0 Å². The van der Waals surface area contributed by atoms with E-state index in [0.717, 1.165) is 35.9 Å². The van der Waals surface area contributed by atoms with Gasteiger partial charge in [-0.1, -0.05) is 37.6 Å². The molecule has 3 rings (SSSR count). The summed E-state index contributed by atoms with van der Waals surface area (Å²) in [5, 5.41) is 4.46. The average Bonchev–Trinajstić information content (AvgIpc) is 2.75. The Kier molecular flexibility index (Phi) is 3.85. The van der Waals surface area contributed by atoms with Gasteiger partial charge in [-0.2, -0.15) is 0 Å². The Balaban J connectivity index is 1.78. The Morgan fingerprint density at radius 3 is 2.90 bits per heavy atom. The molecule has 3 heteroatoms. The van der Waals surface area contributed by atoms with Crippen LogP contribution < -0.4 is 5.32 Å². The fourth-order valence-electron chi connectivity index (χ4n) is 3.25. The summed E-state index contributed by atoms with van der Waals surface area (Å²) in [5.74, 6) is 2.15. The fourth-order valence-corrected chi connectivity index (χ4v) is 3.47. The molecule has 0 bridgehead atoms. The predicted octanol–water partition coefficient (Wildman–Crippen LogP) is 5.04. The molecule has 1 unspecified atom stereocenters. The summed E-state index contributed by atoms with van der Waals surface area (Å²) in [5.41, 5.74) is 2.81. The van der Waals surface area contributed by atoms with Crippen molar-refractivity contribution in [3.8, 4) is 0 Å². The van der Waals surface area contributed by atoms with Crippen LogP contribution in [-0.4, -0.2) is 0 Å². The molecule has 2 nitrogen and oxygen atoms in total. The van der Waals surface area contributed by atoms with Gasteiger partial charge in [-0.15, -0.1) is 0 Å². The van der Waals surface area contributed by atoms with Gasteiger partial charge in [-0.25, -0.2) is 0 Å². The molecule has 21 heavy (non-hydrogen) atoms. The number of nitrogens with one attached hydrogen (secondary N) is 1. The van der Waals surface area contributed by atoms with E-state index in [-0.39, 0.29) is 5.41 Å². The largest absolute Gasteiger partial charge is 0.466 e. The molecule has 1 atom stereocenters. The third-order valence-electron chi connectivity index (χ3n) is 4.18. The van der Waals surface area contributed by atoms with Gasteiger partial charge in [0.25, 0.3) is 0 Å². The normalized spacial score (nSPS) is 20.3. The van der Waals surface area contributed by atoms with Crippen LogP contribution in [0.1, 0.15) is 49.0 Å². The maximum absolute atomic E-state index is 6.05. The van der Waals surface area contributed by atoms with Gasteiger partial charge >= 0.3 is 0 Å². The summed E-state index contributed by atoms with van der Waals surface area (Å²) < 4.78 is 5.88. The number of halogens is 1. The molecule has 1 N–H and O–H groups in total. The van der Waals surface area contributed by atoms with Crippen LogP contribution in [0.15, 0.2) is 34.7 Å². The molecule has 1 aliphatic carbocycles. The van der Waals surface area contributed by atoms with Crippen molar-refractivity contribution in [2.75, 3.05) is 0 Å². The topological polar surface area (TPSA) is 25.2 Å². The summed E-state index contributed by atoms with van der Waals surface area (Å²) in [6, 6.07) is 10.6.